The molecule has 0 fully saturated rings. The third kappa shape index (κ3) is 18.8. The summed E-state index contributed by atoms with van der Waals surface area (Å²) in [5, 5.41) is 0. The van der Waals surface area contributed by atoms with Gasteiger partial charge in [0.1, 0.15) is 49.4 Å². The second kappa shape index (κ2) is 30.4. The fourth-order valence-corrected chi connectivity index (χ4v) is 5.78. The zero-order valence-corrected chi connectivity index (χ0v) is 37.6. The summed E-state index contributed by atoms with van der Waals surface area (Å²) < 4.78 is 69.0. The Bertz CT molecular complexity index is 1620. The van der Waals surface area contributed by atoms with Crippen molar-refractivity contribution in [1.29, 1.82) is 0 Å². The van der Waals surface area contributed by atoms with Crippen molar-refractivity contribution in [1.82, 2.24) is 0 Å². The van der Waals surface area contributed by atoms with Crippen LogP contribution < -0.4 is 18.9 Å². The molecule has 0 heterocycles. The summed E-state index contributed by atoms with van der Waals surface area (Å²) in [6.45, 7) is 19.1. The van der Waals surface area contributed by atoms with E-state index in [0.29, 0.717) is 87.0 Å². The van der Waals surface area contributed by atoms with Crippen molar-refractivity contribution in [2.75, 3.05) is 79.3 Å². The Labute approximate surface area is 367 Å². The van der Waals surface area contributed by atoms with Gasteiger partial charge in [0.2, 0.25) is 0 Å². The molecule has 0 unspecified atom stereocenters. The van der Waals surface area contributed by atoms with Crippen molar-refractivity contribution in [3.05, 3.63) is 95.1 Å². The molecule has 0 aliphatic heterocycles. The Morgan fingerprint density at radius 3 is 0.952 bits per heavy atom. The third-order valence-corrected chi connectivity index (χ3v) is 8.57. The molecule has 0 N–H and O–H groups in total. The van der Waals surface area contributed by atoms with Crippen molar-refractivity contribution in [3.63, 3.8) is 0 Å². The standard InChI is InChI=1S/C48H66O14/c1-9-51-45(52-10-2)31-59-37-23-25-39(43(29-37)61-33-47(55-13-5)56-14-6)41(49)27-21-35-17-19-36(20-18-35)22-28-42(50)40-26-24-38(60-32-46(53-11-3)54-12-4)30-44(40)62-34-48(57-15-7)58-16-8/h17-30,45-48H,9-16,31-34H2,1-8H3/b27-21+,28-22+. The van der Waals surface area contributed by atoms with E-state index >= 15 is 0 Å². The van der Waals surface area contributed by atoms with E-state index in [-0.39, 0.29) is 38.0 Å². The van der Waals surface area contributed by atoms with Crippen molar-refractivity contribution in [3.8, 4) is 23.0 Å². The molecule has 3 aromatic rings. The molecule has 3 aromatic carbocycles. The largest absolute Gasteiger partial charge is 0.488 e. The van der Waals surface area contributed by atoms with Crippen molar-refractivity contribution >= 4 is 23.7 Å². The van der Waals surface area contributed by atoms with Gasteiger partial charge in [-0.3, -0.25) is 9.59 Å². The van der Waals surface area contributed by atoms with Gasteiger partial charge in [-0.1, -0.05) is 36.4 Å². The van der Waals surface area contributed by atoms with Crippen LogP contribution in [0.4, 0.5) is 0 Å². The van der Waals surface area contributed by atoms with Gasteiger partial charge in [0, 0.05) is 65.0 Å². The molecule has 0 saturated carbocycles. The summed E-state index contributed by atoms with van der Waals surface area (Å²) in [6, 6.07) is 17.4. The zero-order chi connectivity index (χ0) is 45.0. The van der Waals surface area contributed by atoms with E-state index in [4.69, 9.17) is 56.8 Å². The predicted octanol–water partition coefficient (Wildman–Crippen LogP) is 8.59. The molecule has 0 aromatic heterocycles. The van der Waals surface area contributed by atoms with Crippen LogP contribution in [0.25, 0.3) is 12.2 Å². The number of ketones is 2. The molecular formula is C48H66O14. The molecule has 62 heavy (non-hydrogen) atoms. The Hall–Kier alpha value is -4.64. The summed E-state index contributed by atoms with van der Waals surface area (Å²) in [6.07, 6.45) is 4.07. The fourth-order valence-electron chi connectivity index (χ4n) is 5.78. The van der Waals surface area contributed by atoms with Crippen LogP contribution in [0.5, 0.6) is 23.0 Å². The van der Waals surface area contributed by atoms with Gasteiger partial charge in [-0.2, -0.15) is 0 Å². The van der Waals surface area contributed by atoms with Gasteiger partial charge in [-0.15, -0.1) is 0 Å². The van der Waals surface area contributed by atoms with Crippen LogP contribution in [0.3, 0.4) is 0 Å². The number of hydrogen-bond acceptors (Lipinski definition) is 14. The predicted molar refractivity (Wildman–Crippen MR) is 236 cm³/mol. The molecule has 0 aliphatic carbocycles. The molecule has 14 nitrogen and oxygen atoms in total. The molecule has 0 saturated heterocycles. The first kappa shape index (κ1) is 51.7. The summed E-state index contributed by atoms with van der Waals surface area (Å²) in [5.41, 5.74) is 2.21. The lowest BCUT2D eigenvalue weighted by molar-refractivity contribution is -0.153. The Balaban J connectivity index is 1.77. The average Bonchev–Trinajstić information content (AvgIpc) is 3.27. The van der Waals surface area contributed by atoms with Gasteiger partial charge in [0.15, 0.2) is 36.7 Å². The second-order valence-electron chi connectivity index (χ2n) is 13.0. The number of rotatable bonds is 34. The molecular weight excluding hydrogens is 801 g/mol. The van der Waals surface area contributed by atoms with Gasteiger partial charge < -0.3 is 56.8 Å². The Kier molecular flexibility index (Phi) is 25.4. The highest BCUT2D eigenvalue weighted by Crippen LogP contribution is 2.29. The molecule has 0 aliphatic rings. The van der Waals surface area contributed by atoms with Crippen LogP contribution in [0, 0.1) is 0 Å². The van der Waals surface area contributed by atoms with E-state index in [1.807, 2.05) is 79.7 Å². The highest BCUT2D eigenvalue weighted by atomic mass is 16.7. The van der Waals surface area contributed by atoms with Gasteiger partial charge in [-0.05, 0) is 103 Å². The Morgan fingerprint density at radius 2 is 0.677 bits per heavy atom. The average molecular weight is 867 g/mol. The van der Waals surface area contributed by atoms with E-state index in [2.05, 4.69) is 0 Å². The maximum Gasteiger partial charge on any atom is 0.191 e. The molecule has 0 bridgehead atoms. The van der Waals surface area contributed by atoms with Crippen LogP contribution in [0.15, 0.2) is 72.8 Å². The fraction of sp³-hybridized carbons (Fsp3) is 0.500. The highest BCUT2D eigenvalue weighted by molar-refractivity contribution is 6.09. The summed E-state index contributed by atoms with van der Waals surface area (Å²) in [5.74, 6) is 1.02. The van der Waals surface area contributed by atoms with E-state index in [1.54, 1.807) is 48.6 Å². The topological polar surface area (TPSA) is 145 Å². The third-order valence-electron chi connectivity index (χ3n) is 8.57. The number of hydrogen-bond donors (Lipinski definition) is 0. The number of benzene rings is 3. The lowest BCUT2D eigenvalue weighted by Gasteiger charge is -2.20. The molecule has 342 valence electrons. The van der Waals surface area contributed by atoms with Gasteiger partial charge in [0.25, 0.3) is 0 Å². The number of carbonyl (C=O) groups excluding carboxylic acids is 2. The second-order valence-corrected chi connectivity index (χ2v) is 13.0. The van der Waals surface area contributed by atoms with Crippen LogP contribution in [0.1, 0.15) is 87.2 Å². The maximum absolute atomic E-state index is 13.6. The maximum atomic E-state index is 13.6. The smallest absolute Gasteiger partial charge is 0.191 e. The van der Waals surface area contributed by atoms with Gasteiger partial charge in [0.05, 0.1) is 11.1 Å². The molecule has 3 rings (SSSR count). The van der Waals surface area contributed by atoms with E-state index in [1.165, 1.54) is 12.2 Å². The first-order chi connectivity index (χ1) is 30.2. The van der Waals surface area contributed by atoms with Crippen molar-refractivity contribution in [2.24, 2.45) is 0 Å². The molecule has 0 spiro atoms. The SMILES string of the molecule is CCOC(COc1ccc(C(=O)/C=C/c2ccc(/C=C/C(=O)c3ccc(OCC(OCC)OCC)cc3OCC(OCC)OCC)cc2)c(OCC(OCC)OCC)c1)OCC. The molecule has 0 atom stereocenters. The van der Waals surface area contributed by atoms with E-state index < -0.39 is 25.2 Å². The van der Waals surface area contributed by atoms with E-state index in [0.717, 1.165) is 11.1 Å². The van der Waals surface area contributed by atoms with Crippen molar-refractivity contribution in [2.45, 2.75) is 80.6 Å². The zero-order valence-electron chi connectivity index (χ0n) is 37.6. The summed E-state index contributed by atoms with van der Waals surface area (Å²) in [7, 11) is 0. The van der Waals surface area contributed by atoms with Gasteiger partial charge >= 0.3 is 0 Å². The summed E-state index contributed by atoms with van der Waals surface area (Å²) in [4.78, 5) is 27.2. The number of ether oxygens (including phenoxy) is 12. The minimum absolute atomic E-state index is 0.0633. The van der Waals surface area contributed by atoms with Crippen LogP contribution in [0.2, 0.25) is 0 Å². The first-order valence-corrected chi connectivity index (χ1v) is 21.5. The van der Waals surface area contributed by atoms with Crippen molar-refractivity contribution < 1.29 is 66.4 Å². The Morgan fingerprint density at radius 1 is 0.403 bits per heavy atom. The van der Waals surface area contributed by atoms with Gasteiger partial charge in [-0.25, -0.2) is 0 Å². The van der Waals surface area contributed by atoms with Crippen LogP contribution >= 0.6 is 0 Å². The molecule has 14 heteroatoms. The minimum atomic E-state index is -0.615. The summed E-state index contributed by atoms with van der Waals surface area (Å²) >= 11 is 0. The molecule has 0 radical (unpaired) electrons. The van der Waals surface area contributed by atoms with Crippen LogP contribution in [-0.4, -0.2) is 116 Å². The number of allylic oxidation sites excluding steroid dienone is 2. The minimum Gasteiger partial charge on any atom is -0.488 e. The monoisotopic (exact) mass is 866 g/mol. The lowest BCUT2D eigenvalue weighted by Crippen LogP contribution is -2.26. The highest BCUT2D eigenvalue weighted by Gasteiger charge is 2.19. The lowest BCUT2D eigenvalue weighted by atomic mass is 10.1. The van der Waals surface area contributed by atoms with Crippen LogP contribution in [-0.2, 0) is 37.9 Å². The number of carbonyl (C=O) groups is 2. The first-order valence-electron chi connectivity index (χ1n) is 21.5. The molecule has 0 amide bonds. The quantitative estimate of drug-likeness (QED) is 0.0321. The van der Waals surface area contributed by atoms with E-state index in [9.17, 15) is 9.59 Å². The normalized spacial score (nSPS) is 11.8.